The molecule has 0 aliphatic heterocycles. The summed E-state index contributed by atoms with van der Waals surface area (Å²) >= 11 is 3.51. The van der Waals surface area contributed by atoms with E-state index in [1.54, 1.807) is 0 Å². The van der Waals surface area contributed by atoms with E-state index in [-0.39, 0.29) is 0 Å². The van der Waals surface area contributed by atoms with E-state index >= 15 is 0 Å². The van der Waals surface area contributed by atoms with Crippen LogP contribution in [-0.4, -0.2) is 22.4 Å². The molecule has 0 radical (unpaired) electrons. The van der Waals surface area contributed by atoms with Gasteiger partial charge in [0.05, 0.1) is 0 Å². The SMILES string of the molecule is CC(C)NCC(CCc1ccnn1C)c1ccc(Br)cc1. The first-order chi connectivity index (χ1) is 10.1. The Kier molecular flexibility index (Phi) is 6.00. The molecule has 0 amide bonds. The zero-order valence-electron chi connectivity index (χ0n) is 13.0. The van der Waals surface area contributed by atoms with Gasteiger partial charge in [0.15, 0.2) is 0 Å². The molecule has 2 aromatic rings. The second kappa shape index (κ2) is 7.76. The van der Waals surface area contributed by atoms with Crippen LogP contribution < -0.4 is 5.32 Å². The van der Waals surface area contributed by atoms with Gasteiger partial charge in [0.2, 0.25) is 0 Å². The largest absolute Gasteiger partial charge is 0.314 e. The smallest absolute Gasteiger partial charge is 0.0492 e. The Morgan fingerprint density at radius 2 is 1.90 bits per heavy atom. The summed E-state index contributed by atoms with van der Waals surface area (Å²) in [5.74, 6) is 0.524. The van der Waals surface area contributed by atoms with Gasteiger partial charge >= 0.3 is 0 Å². The van der Waals surface area contributed by atoms with E-state index in [1.807, 2.05) is 17.9 Å². The maximum absolute atomic E-state index is 4.25. The van der Waals surface area contributed by atoms with Gasteiger partial charge in [-0.05, 0) is 42.5 Å². The third-order valence-electron chi connectivity index (χ3n) is 3.79. The van der Waals surface area contributed by atoms with Gasteiger partial charge in [0, 0.05) is 36.0 Å². The van der Waals surface area contributed by atoms with E-state index < -0.39 is 0 Å². The summed E-state index contributed by atoms with van der Waals surface area (Å²) in [4.78, 5) is 0. The predicted molar refractivity (Wildman–Crippen MR) is 91.6 cm³/mol. The minimum atomic E-state index is 0.514. The molecule has 0 bridgehead atoms. The number of halogens is 1. The number of hydrogen-bond donors (Lipinski definition) is 1. The minimum absolute atomic E-state index is 0.514. The van der Waals surface area contributed by atoms with Crippen molar-refractivity contribution in [2.24, 2.45) is 7.05 Å². The summed E-state index contributed by atoms with van der Waals surface area (Å²) in [5, 5.41) is 7.82. The van der Waals surface area contributed by atoms with E-state index in [0.717, 1.165) is 23.9 Å². The molecule has 0 saturated carbocycles. The molecule has 1 atom stereocenters. The summed E-state index contributed by atoms with van der Waals surface area (Å²) in [6.07, 6.45) is 4.05. The molecule has 1 heterocycles. The first-order valence-corrected chi connectivity index (χ1v) is 8.31. The second-order valence-corrected chi connectivity index (χ2v) is 6.71. The fourth-order valence-electron chi connectivity index (χ4n) is 2.47. The molecule has 1 aromatic heterocycles. The number of rotatable bonds is 7. The van der Waals surface area contributed by atoms with E-state index in [1.165, 1.54) is 11.3 Å². The van der Waals surface area contributed by atoms with E-state index in [4.69, 9.17) is 0 Å². The summed E-state index contributed by atoms with van der Waals surface area (Å²) in [5.41, 5.74) is 2.69. The molecule has 1 unspecified atom stereocenters. The van der Waals surface area contributed by atoms with Crippen LogP contribution in [0.15, 0.2) is 41.0 Å². The van der Waals surface area contributed by atoms with Gasteiger partial charge in [-0.2, -0.15) is 5.10 Å². The Balaban J connectivity index is 2.04. The first kappa shape index (κ1) is 16.2. The summed E-state index contributed by atoms with van der Waals surface area (Å²) < 4.78 is 3.10. The van der Waals surface area contributed by atoms with Crippen LogP contribution in [0.1, 0.15) is 37.4 Å². The maximum atomic E-state index is 4.25. The van der Waals surface area contributed by atoms with E-state index in [9.17, 15) is 0 Å². The quantitative estimate of drug-likeness (QED) is 0.821. The zero-order chi connectivity index (χ0) is 15.2. The highest BCUT2D eigenvalue weighted by Gasteiger charge is 2.13. The Labute approximate surface area is 135 Å². The van der Waals surface area contributed by atoms with Gasteiger partial charge in [0.1, 0.15) is 0 Å². The number of nitrogens with zero attached hydrogens (tertiary/aromatic N) is 2. The predicted octanol–water partition coefficient (Wildman–Crippen LogP) is 3.90. The van der Waals surface area contributed by atoms with Crippen molar-refractivity contribution >= 4 is 15.9 Å². The van der Waals surface area contributed by atoms with Crippen LogP contribution in [0.4, 0.5) is 0 Å². The van der Waals surface area contributed by atoms with Crippen molar-refractivity contribution in [2.45, 2.75) is 38.6 Å². The zero-order valence-corrected chi connectivity index (χ0v) is 14.6. The number of aryl methyl sites for hydroxylation is 2. The van der Waals surface area contributed by atoms with Crippen molar-refractivity contribution in [3.05, 3.63) is 52.3 Å². The standard InChI is InChI=1S/C17H24BrN3/c1-13(2)19-12-15(14-4-7-16(18)8-5-14)6-9-17-10-11-20-21(17)3/h4-5,7-8,10-11,13,15,19H,6,9,12H2,1-3H3. The Bertz CT molecular complexity index is 545. The Morgan fingerprint density at radius 3 is 2.48 bits per heavy atom. The highest BCUT2D eigenvalue weighted by Crippen LogP contribution is 2.23. The van der Waals surface area contributed by atoms with Crippen LogP contribution >= 0.6 is 15.9 Å². The van der Waals surface area contributed by atoms with Crippen LogP contribution in [0, 0.1) is 0 Å². The lowest BCUT2D eigenvalue weighted by atomic mass is 9.93. The fourth-order valence-corrected chi connectivity index (χ4v) is 2.73. The molecule has 1 N–H and O–H groups in total. The molecule has 0 saturated heterocycles. The van der Waals surface area contributed by atoms with Gasteiger partial charge < -0.3 is 5.32 Å². The third-order valence-corrected chi connectivity index (χ3v) is 4.31. The molecule has 114 valence electrons. The molecule has 0 spiro atoms. The molecule has 0 fully saturated rings. The van der Waals surface area contributed by atoms with Crippen molar-refractivity contribution < 1.29 is 0 Å². The van der Waals surface area contributed by atoms with Gasteiger partial charge in [-0.15, -0.1) is 0 Å². The Hall–Kier alpha value is -1.13. The molecule has 2 rings (SSSR count). The number of benzene rings is 1. The third kappa shape index (κ3) is 4.97. The van der Waals surface area contributed by atoms with Gasteiger partial charge in [-0.3, -0.25) is 4.68 Å². The van der Waals surface area contributed by atoms with Crippen molar-refractivity contribution in [2.75, 3.05) is 6.54 Å². The van der Waals surface area contributed by atoms with Crippen LogP contribution in [0.5, 0.6) is 0 Å². The lowest BCUT2D eigenvalue weighted by Gasteiger charge is -2.20. The molecule has 4 heteroatoms. The molecular formula is C17H24BrN3. The number of nitrogens with one attached hydrogen (secondary N) is 1. The van der Waals surface area contributed by atoms with E-state index in [2.05, 4.69) is 70.5 Å². The van der Waals surface area contributed by atoms with Crippen LogP contribution in [-0.2, 0) is 13.5 Å². The maximum Gasteiger partial charge on any atom is 0.0492 e. The van der Waals surface area contributed by atoms with Crippen molar-refractivity contribution in [1.29, 1.82) is 0 Å². The van der Waals surface area contributed by atoms with Crippen molar-refractivity contribution in [1.82, 2.24) is 15.1 Å². The summed E-state index contributed by atoms with van der Waals surface area (Å²) in [7, 11) is 2.01. The van der Waals surface area contributed by atoms with Crippen molar-refractivity contribution in [3.8, 4) is 0 Å². The molecule has 0 aliphatic carbocycles. The van der Waals surface area contributed by atoms with Crippen LogP contribution in [0.3, 0.4) is 0 Å². The Morgan fingerprint density at radius 1 is 1.19 bits per heavy atom. The van der Waals surface area contributed by atoms with Crippen LogP contribution in [0.25, 0.3) is 0 Å². The molecule has 1 aromatic carbocycles. The molecule has 21 heavy (non-hydrogen) atoms. The van der Waals surface area contributed by atoms with Crippen LogP contribution in [0.2, 0.25) is 0 Å². The van der Waals surface area contributed by atoms with Gasteiger partial charge in [-0.25, -0.2) is 0 Å². The average Bonchev–Trinajstić information content (AvgIpc) is 2.85. The highest BCUT2D eigenvalue weighted by molar-refractivity contribution is 9.10. The lowest BCUT2D eigenvalue weighted by molar-refractivity contribution is 0.503. The number of hydrogen-bond acceptors (Lipinski definition) is 2. The highest BCUT2D eigenvalue weighted by atomic mass is 79.9. The van der Waals surface area contributed by atoms with E-state index in [0.29, 0.717) is 12.0 Å². The lowest BCUT2D eigenvalue weighted by Crippen LogP contribution is -2.28. The average molecular weight is 350 g/mol. The fraction of sp³-hybridized carbons (Fsp3) is 0.471. The second-order valence-electron chi connectivity index (χ2n) is 5.80. The molecule has 0 aliphatic rings. The number of aromatic nitrogens is 2. The topological polar surface area (TPSA) is 29.9 Å². The summed E-state index contributed by atoms with van der Waals surface area (Å²) in [6, 6.07) is 11.3. The summed E-state index contributed by atoms with van der Waals surface area (Å²) in [6.45, 7) is 5.40. The monoisotopic (exact) mass is 349 g/mol. The molecule has 3 nitrogen and oxygen atoms in total. The molecular weight excluding hydrogens is 326 g/mol. The van der Waals surface area contributed by atoms with Gasteiger partial charge in [-0.1, -0.05) is 41.9 Å². The van der Waals surface area contributed by atoms with Crippen molar-refractivity contribution in [3.63, 3.8) is 0 Å². The first-order valence-electron chi connectivity index (χ1n) is 7.52. The minimum Gasteiger partial charge on any atom is -0.314 e. The normalized spacial score (nSPS) is 12.8. The van der Waals surface area contributed by atoms with Gasteiger partial charge in [0.25, 0.3) is 0 Å².